The molecule has 0 aromatic rings. The smallest absolute Gasteiger partial charge is 0.120 e. The Morgan fingerprint density at radius 2 is 1.70 bits per heavy atom. The van der Waals surface area contributed by atoms with E-state index in [0.29, 0.717) is 37.8 Å². The average Bonchev–Trinajstić information content (AvgIpc) is 3.52. The van der Waals surface area contributed by atoms with Crippen molar-refractivity contribution < 1.29 is 19.9 Å². The molecule has 3 saturated carbocycles. The first kappa shape index (κ1) is 26.2. The van der Waals surface area contributed by atoms with Gasteiger partial charge in [-0.3, -0.25) is 0 Å². The van der Waals surface area contributed by atoms with Crippen LogP contribution >= 0.6 is 0 Å². The summed E-state index contributed by atoms with van der Waals surface area (Å²) in [5.41, 5.74) is 6.98. The zero-order valence-electron chi connectivity index (χ0n) is 17.7. The van der Waals surface area contributed by atoms with Crippen LogP contribution in [0, 0.1) is 23.2 Å². The van der Waals surface area contributed by atoms with Crippen molar-refractivity contribution in [3.05, 3.63) is 0 Å². The predicted molar refractivity (Wildman–Crippen MR) is 108 cm³/mol. The van der Waals surface area contributed by atoms with Gasteiger partial charge in [0.05, 0.1) is 5.60 Å². The molecule has 0 amide bonds. The van der Waals surface area contributed by atoms with Crippen LogP contribution in [0.2, 0.25) is 0 Å². The largest absolute Gasteiger partial charge is 0.390 e. The minimum Gasteiger partial charge on any atom is -0.390 e. The van der Waals surface area contributed by atoms with Crippen LogP contribution in [0.15, 0.2) is 0 Å². The molecule has 0 aromatic heterocycles. The van der Waals surface area contributed by atoms with Gasteiger partial charge in [0, 0.05) is 24.8 Å². The SMILES string of the molecule is CC(C)(O)C12CC3CC3C1C2.CCC.NCCCC=O.O=CCCCNO. The number of carbonyl (C=O) groups is 2. The maximum absolute atomic E-state index is 9.96. The Bertz CT molecular complexity index is 411. The molecule has 6 heteroatoms. The lowest BCUT2D eigenvalue weighted by atomic mass is 9.83. The lowest BCUT2D eigenvalue weighted by molar-refractivity contribution is -0.108. The number of aldehydes is 2. The van der Waals surface area contributed by atoms with Crippen molar-refractivity contribution in [2.45, 2.75) is 84.7 Å². The van der Waals surface area contributed by atoms with E-state index in [4.69, 9.17) is 10.9 Å². The molecule has 3 aliphatic rings. The summed E-state index contributed by atoms with van der Waals surface area (Å²) in [6.45, 7) is 9.37. The van der Waals surface area contributed by atoms with Crippen molar-refractivity contribution in [2.24, 2.45) is 28.9 Å². The zero-order chi connectivity index (χ0) is 20.9. The molecule has 4 unspecified atom stereocenters. The fourth-order valence-electron chi connectivity index (χ4n) is 4.01. The molecule has 0 spiro atoms. The molecule has 0 saturated heterocycles. The molecule has 0 aromatic carbocycles. The fourth-order valence-corrected chi connectivity index (χ4v) is 4.01. The van der Waals surface area contributed by atoms with Crippen LogP contribution in [-0.2, 0) is 9.59 Å². The molecular formula is C21H42N2O4. The number of unbranched alkanes of at least 4 members (excludes halogenated alkanes) is 2. The molecule has 0 aliphatic heterocycles. The second-order valence-electron chi connectivity index (χ2n) is 8.41. The Balaban J connectivity index is 0.000000373. The van der Waals surface area contributed by atoms with Crippen LogP contribution in [0.4, 0.5) is 0 Å². The van der Waals surface area contributed by atoms with Crippen LogP contribution in [0.25, 0.3) is 0 Å². The van der Waals surface area contributed by atoms with Gasteiger partial charge in [-0.05, 0) is 70.3 Å². The highest BCUT2D eigenvalue weighted by molar-refractivity contribution is 5.49. The molecule has 6 nitrogen and oxygen atoms in total. The van der Waals surface area contributed by atoms with Crippen LogP contribution < -0.4 is 11.2 Å². The summed E-state index contributed by atoms with van der Waals surface area (Å²) in [4.78, 5) is 19.1. The molecule has 0 bridgehead atoms. The Hall–Kier alpha value is -0.820. The van der Waals surface area contributed by atoms with Gasteiger partial charge in [0.25, 0.3) is 0 Å². The monoisotopic (exact) mass is 386 g/mol. The van der Waals surface area contributed by atoms with E-state index < -0.39 is 5.60 Å². The third-order valence-corrected chi connectivity index (χ3v) is 5.61. The van der Waals surface area contributed by atoms with Gasteiger partial charge >= 0.3 is 0 Å². The van der Waals surface area contributed by atoms with Crippen LogP contribution in [0.5, 0.6) is 0 Å². The first-order valence-corrected chi connectivity index (χ1v) is 10.5. The zero-order valence-corrected chi connectivity index (χ0v) is 17.7. The number of fused-ring (bicyclic) bond motifs is 3. The van der Waals surface area contributed by atoms with Crippen LogP contribution in [0.1, 0.15) is 79.1 Å². The number of hydroxylamine groups is 1. The highest BCUT2D eigenvalue weighted by atomic mass is 16.5. The number of hydrogen-bond acceptors (Lipinski definition) is 6. The normalized spacial score (nSPS) is 28.6. The first-order valence-electron chi connectivity index (χ1n) is 10.5. The number of hydrogen-bond donors (Lipinski definition) is 4. The molecule has 0 radical (unpaired) electrons. The third-order valence-electron chi connectivity index (χ3n) is 5.61. The summed E-state index contributed by atoms with van der Waals surface area (Å²) < 4.78 is 0. The summed E-state index contributed by atoms with van der Waals surface area (Å²) in [5, 5.41) is 17.9. The van der Waals surface area contributed by atoms with Gasteiger partial charge < -0.3 is 25.6 Å². The number of aliphatic hydroxyl groups is 1. The minimum atomic E-state index is -0.398. The van der Waals surface area contributed by atoms with Gasteiger partial charge in [0.15, 0.2) is 0 Å². The van der Waals surface area contributed by atoms with Crippen molar-refractivity contribution in [3.63, 3.8) is 0 Å². The highest BCUT2D eigenvalue weighted by Gasteiger charge is 2.75. The Morgan fingerprint density at radius 1 is 1.15 bits per heavy atom. The minimum absolute atomic E-state index is 0.376. The molecule has 3 rings (SSSR count). The quantitative estimate of drug-likeness (QED) is 0.290. The molecule has 160 valence electrons. The lowest BCUT2D eigenvalue weighted by Crippen LogP contribution is -2.33. The van der Waals surface area contributed by atoms with Crippen molar-refractivity contribution in [1.29, 1.82) is 0 Å². The molecule has 3 aliphatic carbocycles. The number of nitrogens with one attached hydrogen (secondary N) is 1. The van der Waals surface area contributed by atoms with Gasteiger partial charge in [-0.15, -0.1) is 0 Å². The standard InChI is InChI=1S/C10H16O.C4H9NO2.C4H9NO.C3H8/c1-9(2,11)10-4-6-3-7(6)8(10)5-10;6-4-2-1-3-5-7;5-3-1-2-4-6;1-3-2/h6-8,11H,3-5H2,1-2H3;4-5,7H,1-3H2;4H,1-3,5H2;3H2,1-2H3. The first-order chi connectivity index (χ1) is 12.8. The van der Waals surface area contributed by atoms with Gasteiger partial charge in [-0.1, -0.05) is 20.3 Å². The Kier molecular flexibility index (Phi) is 13.0. The number of carbonyl (C=O) groups excluding carboxylic acids is 2. The van der Waals surface area contributed by atoms with Crippen LogP contribution in [0.3, 0.4) is 0 Å². The summed E-state index contributed by atoms with van der Waals surface area (Å²) in [5.74, 6) is 2.95. The van der Waals surface area contributed by atoms with E-state index in [9.17, 15) is 14.7 Å². The number of rotatable bonds is 8. The third kappa shape index (κ3) is 8.81. The second kappa shape index (κ2) is 13.4. The van der Waals surface area contributed by atoms with Gasteiger partial charge in [0.1, 0.15) is 12.6 Å². The predicted octanol–water partition coefficient (Wildman–Crippen LogP) is 3.09. The topological polar surface area (TPSA) is 113 Å². The Morgan fingerprint density at radius 3 is 2.00 bits per heavy atom. The summed E-state index contributed by atoms with van der Waals surface area (Å²) in [6.07, 6.45) is 9.74. The van der Waals surface area contributed by atoms with E-state index in [0.717, 1.165) is 36.7 Å². The van der Waals surface area contributed by atoms with E-state index in [1.54, 1.807) is 0 Å². The molecule has 5 N–H and O–H groups in total. The maximum Gasteiger partial charge on any atom is 0.120 e. The molecule has 27 heavy (non-hydrogen) atoms. The highest BCUT2D eigenvalue weighted by Crippen LogP contribution is 2.79. The molecular weight excluding hydrogens is 344 g/mol. The van der Waals surface area contributed by atoms with Gasteiger partial charge in [0.2, 0.25) is 0 Å². The Labute approximate surface area is 165 Å². The summed E-state index contributed by atoms with van der Waals surface area (Å²) in [6, 6.07) is 0. The van der Waals surface area contributed by atoms with Crippen molar-refractivity contribution in [2.75, 3.05) is 13.1 Å². The van der Waals surface area contributed by atoms with E-state index in [1.807, 2.05) is 19.3 Å². The second-order valence-corrected chi connectivity index (χ2v) is 8.41. The van der Waals surface area contributed by atoms with E-state index >= 15 is 0 Å². The van der Waals surface area contributed by atoms with Gasteiger partial charge in [-0.25, -0.2) is 5.48 Å². The van der Waals surface area contributed by atoms with Crippen LogP contribution in [-0.4, -0.2) is 41.6 Å². The fraction of sp³-hybridized carbons (Fsp3) is 0.905. The van der Waals surface area contributed by atoms with E-state index in [1.165, 1.54) is 25.7 Å². The van der Waals surface area contributed by atoms with Gasteiger partial charge in [-0.2, -0.15) is 0 Å². The summed E-state index contributed by atoms with van der Waals surface area (Å²) in [7, 11) is 0. The lowest BCUT2D eigenvalue weighted by Gasteiger charge is -2.29. The number of nitrogens with two attached hydrogens (primary N) is 1. The molecule has 4 atom stereocenters. The molecule has 3 fully saturated rings. The van der Waals surface area contributed by atoms with E-state index in [-0.39, 0.29) is 0 Å². The maximum atomic E-state index is 9.96. The average molecular weight is 387 g/mol. The molecule has 0 heterocycles. The van der Waals surface area contributed by atoms with Crippen molar-refractivity contribution >= 4 is 12.6 Å². The summed E-state index contributed by atoms with van der Waals surface area (Å²) >= 11 is 0. The van der Waals surface area contributed by atoms with E-state index in [2.05, 4.69) is 13.8 Å². The van der Waals surface area contributed by atoms with Crippen molar-refractivity contribution in [3.8, 4) is 0 Å². The van der Waals surface area contributed by atoms with Crippen molar-refractivity contribution in [1.82, 2.24) is 5.48 Å².